The Bertz CT molecular complexity index is 522. The van der Waals surface area contributed by atoms with E-state index in [0.29, 0.717) is 12.4 Å². The molecule has 0 amide bonds. The highest BCUT2D eigenvalue weighted by atomic mass is 32.2. The number of rotatable bonds is 6. The molecule has 0 aliphatic carbocycles. The zero-order chi connectivity index (χ0) is 13.7. The molecule has 0 atom stereocenters. The molecule has 0 aliphatic rings. The number of benzene rings is 1. The van der Waals surface area contributed by atoms with Crippen molar-refractivity contribution >= 4 is 17.6 Å². The lowest BCUT2D eigenvalue weighted by Crippen LogP contribution is -2.01. The van der Waals surface area contributed by atoms with Gasteiger partial charge in [0.05, 0.1) is 12.3 Å². The van der Waals surface area contributed by atoms with Crippen LogP contribution in [0, 0.1) is 0 Å². The third-order valence-electron chi connectivity index (χ3n) is 2.56. The second-order valence-electron chi connectivity index (χ2n) is 4.09. The molecule has 0 saturated carbocycles. The van der Waals surface area contributed by atoms with Gasteiger partial charge in [0, 0.05) is 6.07 Å². The van der Waals surface area contributed by atoms with Crippen molar-refractivity contribution in [3.8, 4) is 11.4 Å². The van der Waals surface area contributed by atoms with Gasteiger partial charge < -0.3 is 10.5 Å². The molecule has 0 bridgehead atoms. The van der Waals surface area contributed by atoms with Gasteiger partial charge in [-0.25, -0.2) is 4.68 Å². The van der Waals surface area contributed by atoms with Crippen LogP contribution in [0.15, 0.2) is 35.4 Å². The Hall–Kier alpha value is -1.62. The van der Waals surface area contributed by atoms with Crippen LogP contribution >= 0.6 is 11.8 Å². The second-order valence-corrected chi connectivity index (χ2v) is 5.21. The fourth-order valence-corrected chi connectivity index (χ4v) is 2.46. The summed E-state index contributed by atoms with van der Waals surface area (Å²) in [5, 5.41) is 5.47. The van der Waals surface area contributed by atoms with E-state index in [9.17, 15) is 0 Å². The smallest absolute Gasteiger partial charge is 0.128 e. The van der Waals surface area contributed by atoms with Gasteiger partial charge in [-0.15, -0.1) is 11.8 Å². The minimum atomic E-state index is 0.655. The van der Waals surface area contributed by atoms with Crippen molar-refractivity contribution in [2.24, 2.45) is 0 Å². The first-order valence-corrected chi connectivity index (χ1v) is 7.44. The van der Waals surface area contributed by atoms with Crippen LogP contribution in [0.2, 0.25) is 0 Å². The molecule has 102 valence electrons. The Balaban J connectivity index is 2.18. The summed E-state index contributed by atoms with van der Waals surface area (Å²) in [5.41, 5.74) is 6.95. The van der Waals surface area contributed by atoms with Gasteiger partial charge in [0.1, 0.15) is 16.6 Å². The van der Waals surface area contributed by atoms with E-state index < -0.39 is 0 Å². The van der Waals surface area contributed by atoms with Gasteiger partial charge in [-0.3, -0.25) is 0 Å². The fraction of sp³-hybridized carbons (Fsp3) is 0.357. The molecule has 1 heterocycles. The number of hydrogen-bond donors (Lipinski definition) is 1. The van der Waals surface area contributed by atoms with E-state index in [1.165, 1.54) is 0 Å². The Morgan fingerprint density at radius 1 is 1.26 bits per heavy atom. The highest BCUT2D eigenvalue weighted by molar-refractivity contribution is 7.99. The van der Waals surface area contributed by atoms with E-state index in [-0.39, 0.29) is 0 Å². The average molecular weight is 277 g/mol. The molecular weight excluding hydrogens is 258 g/mol. The first-order chi connectivity index (χ1) is 9.24. The number of hydrogen-bond acceptors (Lipinski definition) is 4. The lowest BCUT2D eigenvalue weighted by Gasteiger charge is -2.06. The third kappa shape index (κ3) is 3.44. The Morgan fingerprint density at radius 2 is 2.00 bits per heavy atom. The summed E-state index contributed by atoms with van der Waals surface area (Å²) in [4.78, 5) is 0. The van der Waals surface area contributed by atoms with E-state index in [0.717, 1.165) is 28.6 Å². The lowest BCUT2D eigenvalue weighted by molar-refractivity contribution is 0.340. The average Bonchev–Trinajstić information content (AvgIpc) is 2.79. The van der Waals surface area contributed by atoms with Gasteiger partial charge in [-0.2, -0.15) is 5.10 Å². The first kappa shape index (κ1) is 13.8. The number of anilines is 1. The van der Waals surface area contributed by atoms with E-state index in [1.807, 2.05) is 37.3 Å². The van der Waals surface area contributed by atoms with Crippen molar-refractivity contribution in [2.45, 2.75) is 25.3 Å². The Kier molecular flexibility index (Phi) is 4.74. The molecule has 0 spiro atoms. The summed E-state index contributed by atoms with van der Waals surface area (Å²) in [6.45, 7) is 4.79. The normalized spacial score (nSPS) is 10.6. The minimum absolute atomic E-state index is 0.655. The molecule has 5 heteroatoms. The fourth-order valence-electron chi connectivity index (χ4n) is 1.71. The summed E-state index contributed by atoms with van der Waals surface area (Å²) in [5.74, 6) is 2.57. The maximum Gasteiger partial charge on any atom is 0.128 e. The second kappa shape index (κ2) is 6.52. The van der Waals surface area contributed by atoms with Crippen molar-refractivity contribution < 1.29 is 4.74 Å². The quantitative estimate of drug-likeness (QED) is 0.823. The zero-order valence-corrected chi connectivity index (χ0v) is 12.1. The summed E-state index contributed by atoms with van der Waals surface area (Å²) in [7, 11) is 0. The molecule has 2 N–H and O–H groups in total. The molecule has 2 aromatic rings. The van der Waals surface area contributed by atoms with Crippen LogP contribution in [0.25, 0.3) is 5.69 Å². The maximum atomic E-state index is 6.00. The Morgan fingerprint density at radius 3 is 2.63 bits per heavy atom. The highest BCUT2D eigenvalue weighted by Gasteiger charge is 2.07. The van der Waals surface area contributed by atoms with Crippen molar-refractivity contribution in [1.82, 2.24) is 9.78 Å². The molecule has 1 aromatic carbocycles. The number of nitrogens with two attached hydrogens (primary N) is 1. The van der Waals surface area contributed by atoms with Crippen molar-refractivity contribution in [3.05, 3.63) is 30.3 Å². The van der Waals surface area contributed by atoms with Crippen molar-refractivity contribution in [3.63, 3.8) is 0 Å². The largest absolute Gasteiger partial charge is 0.494 e. The molecule has 2 rings (SSSR count). The molecule has 19 heavy (non-hydrogen) atoms. The minimum Gasteiger partial charge on any atom is -0.494 e. The molecule has 0 radical (unpaired) electrons. The molecule has 0 fully saturated rings. The van der Waals surface area contributed by atoms with Crippen LogP contribution < -0.4 is 10.5 Å². The number of aromatic nitrogens is 2. The third-order valence-corrected chi connectivity index (χ3v) is 3.67. The zero-order valence-electron chi connectivity index (χ0n) is 11.3. The van der Waals surface area contributed by atoms with Gasteiger partial charge >= 0.3 is 0 Å². The highest BCUT2D eigenvalue weighted by Crippen LogP contribution is 2.23. The number of ether oxygens (including phenoxy) is 1. The van der Waals surface area contributed by atoms with Crippen LogP contribution in [0.4, 0.5) is 5.82 Å². The van der Waals surface area contributed by atoms with E-state index in [4.69, 9.17) is 10.5 Å². The lowest BCUT2D eigenvalue weighted by atomic mass is 10.3. The summed E-state index contributed by atoms with van der Waals surface area (Å²) in [6.07, 6.45) is 1.13. The summed E-state index contributed by atoms with van der Waals surface area (Å²) < 4.78 is 7.18. The van der Waals surface area contributed by atoms with Crippen LogP contribution in [0.3, 0.4) is 0 Å². The Labute approximate surface area is 117 Å². The van der Waals surface area contributed by atoms with E-state index in [1.54, 1.807) is 16.4 Å². The maximum absolute atomic E-state index is 6.00. The van der Waals surface area contributed by atoms with Gasteiger partial charge in [0.15, 0.2) is 0 Å². The van der Waals surface area contributed by atoms with Crippen LogP contribution in [0.5, 0.6) is 5.75 Å². The standard InChI is InChI=1S/C14H19N3OS/c1-3-9-19-14-10-13(15)17(16-14)11-5-7-12(8-6-11)18-4-2/h5-8,10H,3-4,9,15H2,1-2H3. The molecule has 0 saturated heterocycles. The van der Waals surface area contributed by atoms with Crippen molar-refractivity contribution in [2.75, 3.05) is 18.1 Å². The van der Waals surface area contributed by atoms with Gasteiger partial charge in [-0.05, 0) is 43.4 Å². The first-order valence-electron chi connectivity index (χ1n) is 6.46. The topological polar surface area (TPSA) is 53.1 Å². The van der Waals surface area contributed by atoms with Crippen LogP contribution in [-0.4, -0.2) is 22.1 Å². The van der Waals surface area contributed by atoms with Gasteiger partial charge in [-0.1, -0.05) is 6.92 Å². The van der Waals surface area contributed by atoms with E-state index in [2.05, 4.69) is 12.0 Å². The molecule has 0 aliphatic heterocycles. The summed E-state index contributed by atoms with van der Waals surface area (Å²) in [6, 6.07) is 9.69. The summed E-state index contributed by atoms with van der Waals surface area (Å²) >= 11 is 1.72. The predicted molar refractivity (Wildman–Crippen MR) is 80.2 cm³/mol. The molecule has 4 nitrogen and oxygen atoms in total. The van der Waals surface area contributed by atoms with Crippen LogP contribution in [0.1, 0.15) is 20.3 Å². The molecule has 0 unspecified atom stereocenters. The van der Waals surface area contributed by atoms with Gasteiger partial charge in [0.25, 0.3) is 0 Å². The molecular formula is C14H19N3OS. The predicted octanol–water partition coefficient (Wildman–Crippen LogP) is 3.36. The number of thioether (sulfide) groups is 1. The van der Waals surface area contributed by atoms with Crippen LogP contribution in [-0.2, 0) is 0 Å². The monoisotopic (exact) mass is 277 g/mol. The number of nitrogens with zero attached hydrogens (tertiary/aromatic N) is 2. The number of nitrogen functional groups attached to an aromatic ring is 1. The van der Waals surface area contributed by atoms with Crippen molar-refractivity contribution in [1.29, 1.82) is 0 Å². The van der Waals surface area contributed by atoms with E-state index >= 15 is 0 Å². The molecule has 1 aromatic heterocycles. The van der Waals surface area contributed by atoms with Gasteiger partial charge in [0.2, 0.25) is 0 Å². The SMILES string of the molecule is CCCSc1cc(N)n(-c2ccc(OCC)cc2)n1.